The Morgan fingerprint density at radius 2 is 1.94 bits per heavy atom. The SMILES string of the molecule is CCOC(C)(C)CNCc1ccc(C(=O)O)cc1. The standard InChI is InChI=1S/C14H21NO3/c1-4-18-14(2,3)10-15-9-11-5-7-12(8-6-11)13(16)17/h5-8,15H,4,9-10H2,1-3H3,(H,16,17). The highest BCUT2D eigenvalue weighted by Crippen LogP contribution is 2.08. The van der Waals surface area contributed by atoms with E-state index in [2.05, 4.69) is 5.32 Å². The van der Waals surface area contributed by atoms with E-state index in [1.807, 2.05) is 32.9 Å². The van der Waals surface area contributed by atoms with E-state index in [9.17, 15) is 4.79 Å². The van der Waals surface area contributed by atoms with Crippen molar-refractivity contribution in [2.24, 2.45) is 0 Å². The molecule has 0 spiro atoms. The minimum Gasteiger partial charge on any atom is -0.478 e. The highest BCUT2D eigenvalue weighted by Gasteiger charge is 2.16. The number of rotatable bonds is 7. The third-order valence-corrected chi connectivity index (χ3v) is 2.62. The largest absolute Gasteiger partial charge is 0.478 e. The van der Waals surface area contributed by atoms with Gasteiger partial charge in [0, 0.05) is 19.7 Å². The maximum Gasteiger partial charge on any atom is 0.335 e. The minimum absolute atomic E-state index is 0.185. The second-order valence-corrected chi connectivity index (χ2v) is 4.80. The topological polar surface area (TPSA) is 58.6 Å². The molecule has 2 N–H and O–H groups in total. The summed E-state index contributed by atoms with van der Waals surface area (Å²) in [6.45, 7) is 8.21. The smallest absolute Gasteiger partial charge is 0.335 e. The van der Waals surface area contributed by atoms with E-state index < -0.39 is 5.97 Å². The van der Waals surface area contributed by atoms with Gasteiger partial charge in [0.1, 0.15) is 0 Å². The molecule has 0 unspecified atom stereocenters. The van der Waals surface area contributed by atoms with E-state index in [1.54, 1.807) is 12.1 Å². The van der Waals surface area contributed by atoms with Gasteiger partial charge in [-0.3, -0.25) is 0 Å². The number of benzene rings is 1. The average Bonchev–Trinajstić information content (AvgIpc) is 2.29. The van der Waals surface area contributed by atoms with Crippen LogP contribution in [0.25, 0.3) is 0 Å². The molecular formula is C14H21NO3. The van der Waals surface area contributed by atoms with Gasteiger partial charge in [0.25, 0.3) is 0 Å². The molecule has 100 valence electrons. The van der Waals surface area contributed by atoms with Gasteiger partial charge in [-0.05, 0) is 38.5 Å². The van der Waals surface area contributed by atoms with Crippen molar-refractivity contribution in [3.8, 4) is 0 Å². The monoisotopic (exact) mass is 251 g/mol. The molecule has 1 aromatic carbocycles. The Morgan fingerprint density at radius 1 is 1.33 bits per heavy atom. The first-order valence-corrected chi connectivity index (χ1v) is 6.11. The lowest BCUT2D eigenvalue weighted by Crippen LogP contribution is -2.37. The van der Waals surface area contributed by atoms with Crippen molar-refractivity contribution in [3.63, 3.8) is 0 Å². The van der Waals surface area contributed by atoms with Crippen molar-refractivity contribution in [2.75, 3.05) is 13.2 Å². The molecule has 0 aliphatic carbocycles. The summed E-state index contributed by atoms with van der Waals surface area (Å²) < 4.78 is 5.58. The second-order valence-electron chi connectivity index (χ2n) is 4.80. The molecule has 1 aromatic rings. The fraction of sp³-hybridized carbons (Fsp3) is 0.500. The van der Waals surface area contributed by atoms with Gasteiger partial charge in [-0.25, -0.2) is 4.79 Å². The van der Waals surface area contributed by atoms with Gasteiger partial charge < -0.3 is 15.2 Å². The molecular weight excluding hydrogens is 230 g/mol. The number of hydrogen-bond acceptors (Lipinski definition) is 3. The lowest BCUT2D eigenvalue weighted by Gasteiger charge is -2.25. The summed E-state index contributed by atoms with van der Waals surface area (Å²) in [5, 5.41) is 12.1. The fourth-order valence-electron chi connectivity index (χ4n) is 1.71. The molecule has 0 aliphatic heterocycles. The highest BCUT2D eigenvalue weighted by atomic mass is 16.5. The number of nitrogens with one attached hydrogen (secondary N) is 1. The summed E-state index contributed by atoms with van der Waals surface area (Å²) in [5.74, 6) is -0.896. The molecule has 0 radical (unpaired) electrons. The van der Waals surface area contributed by atoms with Gasteiger partial charge in [0.05, 0.1) is 11.2 Å². The summed E-state index contributed by atoms with van der Waals surface area (Å²) in [5.41, 5.74) is 1.19. The van der Waals surface area contributed by atoms with Crippen LogP contribution in [0.4, 0.5) is 0 Å². The van der Waals surface area contributed by atoms with Crippen molar-refractivity contribution in [2.45, 2.75) is 32.9 Å². The molecule has 4 heteroatoms. The molecule has 0 saturated carbocycles. The maximum absolute atomic E-state index is 10.7. The molecule has 4 nitrogen and oxygen atoms in total. The van der Waals surface area contributed by atoms with E-state index in [-0.39, 0.29) is 5.60 Å². The molecule has 0 aromatic heterocycles. The summed E-state index contributed by atoms with van der Waals surface area (Å²) in [7, 11) is 0. The van der Waals surface area contributed by atoms with Gasteiger partial charge in [-0.2, -0.15) is 0 Å². The van der Waals surface area contributed by atoms with E-state index >= 15 is 0 Å². The van der Waals surface area contributed by atoms with Crippen LogP contribution < -0.4 is 5.32 Å². The summed E-state index contributed by atoms with van der Waals surface area (Å²) in [6, 6.07) is 6.88. The van der Waals surface area contributed by atoms with E-state index in [0.717, 1.165) is 12.1 Å². The Balaban J connectivity index is 2.42. The average molecular weight is 251 g/mol. The van der Waals surface area contributed by atoms with Crippen molar-refractivity contribution < 1.29 is 14.6 Å². The fourth-order valence-corrected chi connectivity index (χ4v) is 1.71. The van der Waals surface area contributed by atoms with Crippen LogP contribution in [0.15, 0.2) is 24.3 Å². The first-order chi connectivity index (χ1) is 8.44. The van der Waals surface area contributed by atoms with E-state index in [0.29, 0.717) is 18.7 Å². The van der Waals surface area contributed by atoms with Crippen LogP contribution in [0.2, 0.25) is 0 Å². The van der Waals surface area contributed by atoms with Crippen molar-refractivity contribution in [1.82, 2.24) is 5.32 Å². The Morgan fingerprint density at radius 3 is 2.44 bits per heavy atom. The predicted octanol–water partition coefficient (Wildman–Crippen LogP) is 2.29. The number of hydrogen-bond donors (Lipinski definition) is 2. The summed E-state index contributed by atoms with van der Waals surface area (Å²) in [4.78, 5) is 10.7. The number of ether oxygens (including phenoxy) is 1. The lowest BCUT2D eigenvalue weighted by molar-refractivity contribution is -0.00897. The van der Waals surface area contributed by atoms with Gasteiger partial charge in [-0.1, -0.05) is 12.1 Å². The quantitative estimate of drug-likeness (QED) is 0.780. The van der Waals surface area contributed by atoms with Crippen molar-refractivity contribution in [3.05, 3.63) is 35.4 Å². The van der Waals surface area contributed by atoms with Gasteiger partial charge in [0.2, 0.25) is 0 Å². The number of aromatic carboxylic acids is 1. The van der Waals surface area contributed by atoms with Gasteiger partial charge in [0.15, 0.2) is 0 Å². The van der Waals surface area contributed by atoms with Crippen LogP contribution in [0.5, 0.6) is 0 Å². The second kappa shape index (κ2) is 6.52. The molecule has 0 aliphatic rings. The van der Waals surface area contributed by atoms with Gasteiger partial charge in [-0.15, -0.1) is 0 Å². The van der Waals surface area contributed by atoms with Crippen LogP contribution >= 0.6 is 0 Å². The van der Waals surface area contributed by atoms with Crippen LogP contribution in [0, 0.1) is 0 Å². The Labute approximate surface area is 108 Å². The first-order valence-electron chi connectivity index (χ1n) is 6.11. The highest BCUT2D eigenvalue weighted by molar-refractivity contribution is 5.87. The molecule has 0 atom stereocenters. The van der Waals surface area contributed by atoms with Crippen LogP contribution in [0.1, 0.15) is 36.7 Å². The molecule has 0 bridgehead atoms. The zero-order valence-electron chi connectivity index (χ0n) is 11.2. The number of carbonyl (C=O) groups is 1. The van der Waals surface area contributed by atoms with Crippen molar-refractivity contribution in [1.29, 1.82) is 0 Å². The Hall–Kier alpha value is -1.39. The summed E-state index contributed by atoms with van der Waals surface area (Å²) >= 11 is 0. The maximum atomic E-state index is 10.7. The van der Waals surface area contributed by atoms with Crippen LogP contribution in [-0.2, 0) is 11.3 Å². The minimum atomic E-state index is -0.896. The summed E-state index contributed by atoms with van der Waals surface area (Å²) in [6.07, 6.45) is 0. The van der Waals surface area contributed by atoms with Crippen LogP contribution in [0.3, 0.4) is 0 Å². The van der Waals surface area contributed by atoms with E-state index in [4.69, 9.17) is 9.84 Å². The normalized spacial score (nSPS) is 11.5. The Kier molecular flexibility index (Phi) is 5.31. The van der Waals surface area contributed by atoms with Crippen LogP contribution in [-0.4, -0.2) is 29.8 Å². The zero-order valence-corrected chi connectivity index (χ0v) is 11.2. The molecule has 0 amide bonds. The predicted molar refractivity (Wildman–Crippen MR) is 70.8 cm³/mol. The third kappa shape index (κ3) is 4.85. The van der Waals surface area contributed by atoms with Crippen molar-refractivity contribution >= 4 is 5.97 Å². The lowest BCUT2D eigenvalue weighted by atomic mass is 10.1. The van der Waals surface area contributed by atoms with E-state index in [1.165, 1.54) is 0 Å². The molecule has 0 saturated heterocycles. The third-order valence-electron chi connectivity index (χ3n) is 2.62. The number of carboxylic acid groups (broad SMARTS) is 1. The first kappa shape index (κ1) is 14.7. The molecule has 1 rings (SSSR count). The molecule has 0 fully saturated rings. The molecule has 0 heterocycles. The van der Waals surface area contributed by atoms with Gasteiger partial charge >= 0.3 is 5.97 Å². The zero-order chi connectivity index (χ0) is 13.6. The number of carboxylic acids is 1. The molecule has 18 heavy (non-hydrogen) atoms. The Bertz CT molecular complexity index is 385.